The van der Waals surface area contributed by atoms with E-state index >= 15 is 0 Å². The highest BCUT2D eigenvalue weighted by molar-refractivity contribution is 7.89. The summed E-state index contributed by atoms with van der Waals surface area (Å²) in [4.78, 5) is 13.0. The molecule has 0 spiro atoms. The molecule has 6 heteroatoms. The Morgan fingerprint density at radius 1 is 0.964 bits per heavy atom. The summed E-state index contributed by atoms with van der Waals surface area (Å²) in [5.74, 6) is -0.179. The molecule has 1 N–H and O–H groups in total. The van der Waals surface area contributed by atoms with Crippen LogP contribution in [0.25, 0.3) is 0 Å². The van der Waals surface area contributed by atoms with Crippen LogP contribution in [-0.4, -0.2) is 31.7 Å². The lowest BCUT2D eigenvalue weighted by molar-refractivity contribution is -0.122. The van der Waals surface area contributed by atoms with Gasteiger partial charge in [0, 0.05) is 19.6 Å². The highest BCUT2D eigenvalue weighted by Gasteiger charge is 2.22. The van der Waals surface area contributed by atoms with E-state index in [1.54, 1.807) is 24.3 Å². The van der Waals surface area contributed by atoms with E-state index in [1.165, 1.54) is 4.31 Å². The predicted molar refractivity (Wildman–Crippen MR) is 112 cm³/mol. The normalized spacial score (nSPS) is 12.7. The molecule has 5 nitrogen and oxygen atoms in total. The second-order valence-corrected chi connectivity index (χ2v) is 8.64. The van der Waals surface area contributed by atoms with E-state index in [-0.39, 0.29) is 16.7 Å². The third-order valence-corrected chi connectivity index (χ3v) is 6.89. The van der Waals surface area contributed by atoms with Gasteiger partial charge in [-0.2, -0.15) is 4.31 Å². The van der Waals surface area contributed by atoms with Crippen molar-refractivity contribution in [2.75, 3.05) is 13.1 Å². The monoisotopic (exact) mass is 402 g/mol. The molecule has 0 aliphatic rings. The zero-order chi connectivity index (χ0) is 20.6. The molecule has 0 aromatic heterocycles. The van der Waals surface area contributed by atoms with Crippen LogP contribution in [0.15, 0.2) is 59.5 Å². The van der Waals surface area contributed by atoms with E-state index in [4.69, 9.17) is 0 Å². The lowest BCUT2D eigenvalue weighted by Crippen LogP contribution is -2.30. The maximum absolute atomic E-state index is 12.7. The Morgan fingerprint density at radius 2 is 1.57 bits per heavy atom. The van der Waals surface area contributed by atoms with Crippen LogP contribution >= 0.6 is 0 Å². The Bertz CT molecular complexity index is 845. The van der Waals surface area contributed by atoms with Gasteiger partial charge in [-0.05, 0) is 29.7 Å². The predicted octanol–water partition coefficient (Wildman–Crippen LogP) is 3.92. The first kappa shape index (κ1) is 22.1. The molecule has 2 aromatic carbocycles. The average molecular weight is 403 g/mol. The summed E-state index contributed by atoms with van der Waals surface area (Å²) in [6, 6.07) is 16.5. The van der Waals surface area contributed by atoms with Crippen molar-refractivity contribution in [2.24, 2.45) is 0 Å². The molecule has 0 bridgehead atoms. The number of amides is 1. The van der Waals surface area contributed by atoms with Gasteiger partial charge in [-0.15, -0.1) is 0 Å². The van der Waals surface area contributed by atoms with Gasteiger partial charge in [0.05, 0.1) is 10.8 Å². The number of carbonyl (C=O) groups excluding carboxylic acids is 1. The second-order valence-electron chi connectivity index (χ2n) is 6.70. The molecule has 0 saturated heterocycles. The maximum atomic E-state index is 12.7. The van der Waals surface area contributed by atoms with Gasteiger partial charge >= 0.3 is 0 Å². The van der Waals surface area contributed by atoms with E-state index in [1.807, 2.05) is 44.2 Å². The van der Waals surface area contributed by atoms with Gasteiger partial charge in [0.25, 0.3) is 0 Å². The van der Waals surface area contributed by atoms with Crippen LogP contribution in [0.4, 0.5) is 0 Å². The van der Waals surface area contributed by atoms with Crippen molar-refractivity contribution >= 4 is 15.9 Å². The van der Waals surface area contributed by atoms with Gasteiger partial charge in [0.15, 0.2) is 0 Å². The van der Waals surface area contributed by atoms with E-state index in [0.29, 0.717) is 19.6 Å². The van der Waals surface area contributed by atoms with Crippen LogP contribution in [-0.2, 0) is 21.4 Å². The summed E-state index contributed by atoms with van der Waals surface area (Å²) in [7, 11) is -3.46. The Balaban J connectivity index is 2.05. The molecule has 28 heavy (non-hydrogen) atoms. The van der Waals surface area contributed by atoms with Crippen molar-refractivity contribution < 1.29 is 13.2 Å². The van der Waals surface area contributed by atoms with Crippen LogP contribution in [0.1, 0.15) is 50.7 Å². The smallest absolute Gasteiger partial charge is 0.243 e. The van der Waals surface area contributed by atoms with Crippen LogP contribution in [0.2, 0.25) is 0 Å². The molecule has 0 radical (unpaired) electrons. The minimum absolute atomic E-state index is 0.00658. The first-order valence-electron chi connectivity index (χ1n) is 9.85. The highest BCUT2D eigenvalue weighted by atomic mass is 32.2. The van der Waals surface area contributed by atoms with E-state index in [9.17, 15) is 13.2 Å². The van der Waals surface area contributed by atoms with Crippen molar-refractivity contribution in [1.82, 2.24) is 9.62 Å². The standard InChI is InChI=1S/C22H30N2O3S/c1-4-10-21(19-11-8-7-9-12-19)22(25)23-17-18-13-15-20(16-14-18)28(26,27)24(5-2)6-3/h7-9,11-16,21H,4-6,10,17H2,1-3H3,(H,23,25)/t21-/m0/s1. The number of rotatable bonds is 10. The summed E-state index contributed by atoms with van der Waals surface area (Å²) in [5, 5.41) is 2.99. The SMILES string of the molecule is CCC[C@H](C(=O)NCc1ccc(S(=O)(=O)N(CC)CC)cc1)c1ccccc1. The van der Waals surface area contributed by atoms with Crippen LogP contribution in [0, 0.1) is 0 Å². The highest BCUT2D eigenvalue weighted by Crippen LogP contribution is 2.22. The fourth-order valence-electron chi connectivity index (χ4n) is 3.23. The van der Waals surface area contributed by atoms with Gasteiger partial charge in [-0.3, -0.25) is 4.79 Å². The zero-order valence-corrected chi connectivity index (χ0v) is 17.7. The van der Waals surface area contributed by atoms with Crippen molar-refractivity contribution in [2.45, 2.75) is 51.0 Å². The first-order chi connectivity index (χ1) is 13.4. The molecule has 0 saturated carbocycles. The van der Waals surface area contributed by atoms with Crippen LogP contribution < -0.4 is 5.32 Å². The summed E-state index contributed by atoms with van der Waals surface area (Å²) >= 11 is 0. The van der Waals surface area contributed by atoms with Gasteiger partial charge in [0.1, 0.15) is 0 Å². The zero-order valence-electron chi connectivity index (χ0n) is 16.9. The number of nitrogens with one attached hydrogen (secondary N) is 1. The average Bonchev–Trinajstić information content (AvgIpc) is 2.72. The molecule has 152 valence electrons. The fourth-order valence-corrected chi connectivity index (χ4v) is 4.69. The summed E-state index contributed by atoms with van der Waals surface area (Å²) in [6.07, 6.45) is 1.71. The molecular weight excluding hydrogens is 372 g/mol. The summed E-state index contributed by atoms with van der Waals surface area (Å²) in [6.45, 7) is 6.97. The lowest BCUT2D eigenvalue weighted by Gasteiger charge is -2.19. The van der Waals surface area contributed by atoms with Crippen molar-refractivity contribution in [3.05, 3.63) is 65.7 Å². The summed E-state index contributed by atoms with van der Waals surface area (Å²) < 4.78 is 26.5. The summed E-state index contributed by atoms with van der Waals surface area (Å²) in [5.41, 5.74) is 1.89. The lowest BCUT2D eigenvalue weighted by atomic mass is 9.93. The third kappa shape index (κ3) is 5.42. The van der Waals surface area contributed by atoms with Gasteiger partial charge < -0.3 is 5.32 Å². The molecule has 0 unspecified atom stereocenters. The first-order valence-corrected chi connectivity index (χ1v) is 11.3. The van der Waals surface area contributed by atoms with Gasteiger partial charge in [0.2, 0.25) is 15.9 Å². The minimum Gasteiger partial charge on any atom is -0.351 e. The molecule has 1 atom stereocenters. The van der Waals surface area contributed by atoms with E-state index in [0.717, 1.165) is 24.0 Å². The number of carbonyl (C=O) groups is 1. The molecule has 0 aliphatic heterocycles. The minimum atomic E-state index is -3.46. The molecule has 1 amide bonds. The van der Waals surface area contributed by atoms with E-state index < -0.39 is 10.0 Å². The number of sulfonamides is 1. The Kier molecular flexibility index (Phi) is 8.20. The Hall–Kier alpha value is -2.18. The fraction of sp³-hybridized carbons (Fsp3) is 0.409. The molecular formula is C22H30N2O3S. The van der Waals surface area contributed by atoms with Gasteiger partial charge in [-0.1, -0.05) is 69.7 Å². The number of benzene rings is 2. The maximum Gasteiger partial charge on any atom is 0.243 e. The Labute approximate surface area is 168 Å². The van der Waals surface area contributed by atoms with E-state index in [2.05, 4.69) is 12.2 Å². The van der Waals surface area contributed by atoms with Crippen molar-refractivity contribution in [3.63, 3.8) is 0 Å². The van der Waals surface area contributed by atoms with Crippen molar-refractivity contribution in [1.29, 1.82) is 0 Å². The second kappa shape index (κ2) is 10.4. The molecule has 0 fully saturated rings. The molecule has 2 aromatic rings. The Morgan fingerprint density at radius 3 is 2.11 bits per heavy atom. The number of hydrogen-bond acceptors (Lipinski definition) is 3. The third-order valence-electron chi connectivity index (χ3n) is 4.83. The molecule has 2 rings (SSSR count). The largest absolute Gasteiger partial charge is 0.351 e. The van der Waals surface area contributed by atoms with Crippen LogP contribution in [0.3, 0.4) is 0 Å². The molecule has 0 heterocycles. The van der Waals surface area contributed by atoms with Crippen LogP contribution in [0.5, 0.6) is 0 Å². The molecule has 0 aliphatic carbocycles. The van der Waals surface area contributed by atoms with Crippen molar-refractivity contribution in [3.8, 4) is 0 Å². The quantitative estimate of drug-likeness (QED) is 0.655. The topological polar surface area (TPSA) is 66.5 Å². The number of nitrogens with zero attached hydrogens (tertiary/aromatic N) is 1. The number of hydrogen-bond donors (Lipinski definition) is 1. The van der Waals surface area contributed by atoms with Gasteiger partial charge in [-0.25, -0.2) is 8.42 Å².